The second-order valence-corrected chi connectivity index (χ2v) is 33.3. The average molecular weight is 321 g/mol. The Balaban J connectivity index is 3.09. The first-order valence-corrected chi connectivity index (χ1v) is 19.2. The van der Waals surface area contributed by atoms with Gasteiger partial charge in [0.25, 0.3) is 0 Å². The SMILES string of the molecule is C=C[Si]1(CCCC)O[Si](C)(C)[Si](C)([Si](C)(C)O)O1. The summed E-state index contributed by atoms with van der Waals surface area (Å²) in [5.74, 6) is 0. The largest absolute Gasteiger partial charge is 0.433 e. The molecule has 106 valence electrons. The van der Waals surface area contributed by atoms with Crippen LogP contribution in [0, 0.1) is 0 Å². The number of hydrogen-bond donors (Lipinski definition) is 1. The minimum Gasteiger partial charge on any atom is -0.433 e. The van der Waals surface area contributed by atoms with Gasteiger partial charge in [-0.15, -0.1) is 6.58 Å². The quantitative estimate of drug-likeness (QED) is 0.791. The molecule has 1 aliphatic heterocycles. The molecule has 0 radical (unpaired) electrons. The normalized spacial score (nSPS) is 35.7. The lowest BCUT2D eigenvalue weighted by Gasteiger charge is -2.39. The van der Waals surface area contributed by atoms with Crippen molar-refractivity contribution in [2.24, 2.45) is 0 Å². The summed E-state index contributed by atoms with van der Waals surface area (Å²) >= 11 is 0. The molecule has 1 N–H and O–H groups in total. The monoisotopic (exact) mass is 320 g/mol. The number of rotatable bonds is 5. The third kappa shape index (κ3) is 2.67. The molecule has 2 atom stereocenters. The van der Waals surface area contributed by atoms with Gasteiger partial charge < -0.3 is 13.0 Å². The van der Waals surface area contributed by atoms with Crippen molar-refractivity contribution in [3.8, 4) is 0 Å². The summed E-state index contributed by atoms with van der Waals surface area (Å²) in [6.45, 7) is 16.9. The zero-order valence-corrected chi connectivity index (χ0v) is 16.7. The molecule has 3 nitrogen and oxygen atoms in total. The molecule has 7 heteroatoms. The third-order valence-electron chi connectivity index (χ3n) is 4.31. The molecule has 18 heavy (non-hydrogen) atoms. The molecule has 1 aliphatic rings. The second kappa shape index (κ2) is 5.11. The van der Waals surface area contributed by atoms with E-state index in [0.29, 0.717) is 0 Å². The molecular weight excluding hydrogens is 292 g/mol. The van der Waals surface area contributed by atoms with E-state index in [9.17, 15) is 4.80 Å². The minimum atomic E-state index is -2.29. The fourth-order valence-corrected chi connectivity index (χ4v) is 46.1. The average Bonchev–Trinajstić information content (AvgIpc) is 2.44. The van der Waals surface area contributed by atoms with Gasteiger partial charge in [-0.25, -0.2) is 0 Å². The van der Waals surface area contributed by atoms with Gasteiger partial charge in [0.05, 0.1) is 0 Å². The zero-order valence-electron chi connectivity index (χ0n) is 12.7. The van der Waals surface area contributed by atoms with Crippen LogP contribution < -0.4 is 0 Å². The van der Waals surface area contributed by atoms with E-state index in [1.54, 1.807) is 0 Å². The molecular formula is C11H28O3Si4. The van der Waals surface area contributed by atoms with Gasteiger partial charge in [-0.1, -0.05) is 25.5 Å². The highest BCUT2D eigenvalue weighted by Gasteiger charge is 2.69. The van der Waals surface area contributed by atoms with Gasteiger partial charge in [0.2, 0.25) is 7.35 Å². The van der Waals surface area contributed by atoms with E-state index in [-0.39, 0.29) is 0 Å². The molecule has 0 aromatic heterocycles. The summed E-state index contributed by atoms with van der Waals surface area (Å²) in [5, 5.41) is 0. The topological polar surface area (TPSA) is 38.7 Å². The van der Waals surface area contributed by atoms with Crippen molar-refractivity contribution >= 4 is 31.6 Å². The zero-order chi connectivity index (χ0) is 14.2. The Morgan fingerprint density at radius 2 is 1.78 bits per heavy atom. The number of hydrogen-bond acceptors (Lipinski definition) is 3. The lowest BCUT2D eigenvalue weighted by molar-refractivity contribution is 0.438. The van der Waals surface area contributed by atoms with Gasteiger partial charge >= 0.3 is 8.56 Å². The van der Waals surface area contributed by atoms with E-state index in [4.69, 9.17) is 8.23 Å². The van der Waals surface area contributed by atoms with E-state index in [2.05, 4.69) is 33.1 Å². The molecule has 0 aliphatic carbocycles. The van der Waals surface area contributed by atoms with E-state index >= 15 is 0 Å². The van der Waals surface area contributed by atoms with Crippen molar-refractivity contribution in [2.75, 3.05) is 0 Å². The number of unbranched alkanes of at least 4 members (excludes halogenated alkanes) is 1. The molecule has 0 saturated carbocycles. The summed E-state index contributed by atoms with van der Waals surface area (Å²) in [6.07, 6.45) is 2.27. The molecule has 0 aromatic rings. The lowest BCUT2D eigenvalue weighted by atomic mass is 10.4. The van der Waals surface area contributed by atoms with E-state index in [1.165, 1.54) is 0 Å². The summed E-state index contributed by atoms with van der Waals surface area (Å²) in [7, 11) is -8.57. The van der Waals surface area contributed by atoms with Gasteiger partial charge in [0, 0.05) is 0 Å². The highest BCUT2D eigenvalue weighted by Crippen LogP contribution is 2.42. The van der Waals surface area contributed by atoms with Crippen LogP contribution in [0.1, 0.15) is 19.8 Å². The van der Waals surface area contributed by atoms with Gasteiger partial charge in [0.15, 0.2) is 15.7 Å². The Bertz CT molecular complexity index is 329. The Kier molecular flexibility index (Phi) is 4.70. The van der Waals surface area contributed by atoms with Crippen molar-refractivity contribution in [3.05, 3.63) is 12.3 Å². The fraction of sp³-hybridized carbons (Fsp3) is 0.818. The Labute approximate surface area is 115 Å². The van der Waals surface area contributed by atoms with Crippen molar-refractivity contribution in [2.45, 2.75) is 58.5 Å². The van der Waals surface area contributed by atoms with E-state index in [1.807, 2.05) is 18.8 Å². The second-order valence-electron chi connectivity index (χ2n) is 6.43. The molecule has 0 aromatic carbocycles. The maximum atomic E-state index is 10.7. The maximum absolute atomic E-state index is 10.7. The summed E-state index contributed by atoms with van der Waals surface area (Å²) in [6, 6.07) is 0.997. The minimum absolute atomic E-state index is 0.997. The summed E-state index contributed by atoms with van der Waals surface area (Å²) < 4.78 is 13.1. The standard InChI is InChI=1S/C11H28O3Si4/c1-8-10-11-18(9-2)13-16(5,6)17(7,14-18)15(3,4)12/h9,12H,2,8,10-11H2,1,3-7H3. The molecule has 1 fully saturated rings. The first-order chi connectivity index (χ1) is 8.04. The summed E-state index contributed by atoms with van der Waals surface area (Å²) in [4.78, 5) is 10.7. The smallest absolute Gasteiger partial charge is 0.343 e. The van der Waals surface area contributed by atoms with Crippen molar-refractivity contribution in [3.63, 3.8) is 0 Å². The van der Waals surface area contributed by atoms with Crippen LogP contribution in [-0.4, -0.2) is 36.4 Å². The van der Waals surface area contributed by atoms with Gasteiger partial charge in [-0.2, -0.15) is 0 Å². The van der Waals surface area contributed by atoms with Crippen molar-refractivity contribution < 1.29 is 13.0 Å². The first-order valence-electron chi connectivity index (χ1n) is 6.80. The predicted octanol–water partition coefficient (Wildman–Crippen LogP) is 3.14. The van der Waals surface area contributed by atoms with E-state index in [0.717, 1.165) is 18.9 Å². The van der Waals surface area contributed by atoms with Crippen LogP contribution in [0.3, 0.4) is 0 Å². The predicted molar refractivity (Wildman–Crippen MR) is 86.6 cm³/mol. The van der Waals surface area contributed by atoms with Crippen molar-refractivity contribution in [1.29, 1.82) is 0 Å². The molecule has 1 rings (SSSR count). The van der Waals surface area contributed by atoms with Crippen molar-refractivity contribution in [1.82, 2.24) is 0 Å². The lowest BCUT2D eigenvalue weighted by Crippen LogP contribution is -2.71. The highest BCUT2D eigenvalue weighted by molar-refractivity contribution is 7.66. The highest BCUT2D eigenvalue weighted by atomic mass is 29.7. The van der Waals surface area contributed by atoms with Crippen LogP contribution in [0.5, 0.6) is 0 Å². The maximum Gasteiger partial charge on any atom is 0.343 e. The van der Waals surface area contributed by atoms with Crippen LogP contribution in [0.25, 0.3) is 0 Å². The van der Waals surface area contributed by atoms with Gasteiger partial charge in [-0.3, -0.25) is 0 Å². The first kappa shape index (κ1) is 16.5. The Morgan fingerprint density at radius 1 is 1.22 bits per heavy atom. The molecule has 0 spiro atoms. The van der Waals surface area contributed by atoms with Crippen LogP contribution in [0.15, 0.2) is 12.3 Å². The van der Waals surface area contributed by atoms with Crippen LogP contribution in [0.4, 0.5) is 0 Å². The van der Waals surface area contributed by atoms with Crippen LogP contribution in [-0.2, 0) is 8.23 Å². The Morgan fingerprint density at radius 3 is 2.11 bits per heavy atom. The molecule has 1 heterocycles. The Hall–Kier alpha value is 0.488. The molecule has 1 saturated heterocycles. The van der Waals surface area contributed by atoms with Gasteiger partial charge in [-0.05, 0) is 38.8 Å². The van der Waals surface area contributed by atoms with Crippen LogP contribution >= 0.6 is 0 Å². The molecule has 0 bridgehead atoms. The summed E-state index contributed by atoms with van der Waals surface area (Å²) in [5.41, 5.74) is 1.95. The fourth-order valence-electron chi connectivity index (χ4n) is 2.59. The third-order valence-corrected chi connectivity index (χ3v) is 44.6. The molecule has 0 amide bonds. The van der Waals surface area contributed by atoms with Gasteiger partial charge in [0.1, 0.15) is 0 Å². The van der Waals surface area contributed by atoms with Crippen LogP contribution in [0.2, 0.25) is 38.8 Å². The molecule has 2 unspecified atom stereocenters. The van der Waals surface area contributed by atoms with E-state index < -0.39 is 31.6 Å².